The predicted octanol–water partition coefficient (Wildman–Crippen LogP) is 0.0303. The number of nitrogens with two attached hydrogens (primary N) is 1. The van der Waals surface area contributed by atoms with Crippen LogP contribution < -0.4 is 11.1 Å². The minimum Gasteiger partial charge on any atom is -0.498 e. The Kier molecular flexibility index (Phi) is 5.19. The number of hydrogen-bond donors (Lipinski definition) is 3. The zero-order chi connectivity index (χ0) is 18.8. The highest BCUT2D eigenvalue weighted by atomic mass is 32.2. The van der Waals surface area contributed by atoms with Gasteiger partial charge in [0, 0.05) is 6.54 Å². The van der Waals surface area contributed by atoms with E-state index in [4.69, 9.17) is 10.5 Å². The Bertz CT molecular complexity index is 777. The fourth-order valence-electron chi connectivity index (χ4n) is 2.95. The molecule has 0 unspecified atom stereocenters. The van der Waals surface area contributed by atoms with E-state index in [1.54, 1.807) is 0 Å². The number of nitrogens with one attached hydrogen (secondary N) is 1. The molecule has 0 spiro atoms. The van der Waals surface area contributed by atoms with Gasteiger partial charge in [-0.15, -0.1) is 11.8 Å². The Morgan fingerprint density at radius 2 is 2.00 bits per heavy atom. The van der Waals surface area contributed by atoms with E-state index in [1.165, 1.54) is 23.8 Å². The second-order valence-electron chi connectivity index (χ2n) is 5.93. The van der Waals surface area contributed by atoms with Crippen LogP contribution in [0.25, 0.3) is 0 Å². The number of carbonyl (C=O) groups is 3. The summed E-state index contributed by atoms with van der Waals surface area (Å²) in [7, 11) is 1.37. The van der Waals surface area contributed by atoms with Gasteiger partial charge >= 0.3 is 5.97 Å². The van der Waals surface area contributed by atoms with Crippen molar-refractivity contribution in [3.05, 3.63) is 46.8 Å². The van der Waals surface area contributed by atoms with Gasteiger partial charge in [0.05, 0.1) is 19.3 Å². The van der Waals surface area contributed by atoms with Crippen molar-refractivity contribution in [3.8, 4) is 0 Å². The van der Waals surface area contributed by atoms with Gasteiger partial charge in [0.25, 0.3) is 5.91 Å². The number of carboxylic acid groups (broad SMARTS) is 1. The Labute approximate surface area is 154 Å². The molecule has 8 nitrogen and oxygen atoms in total. The minimum atomic E-state index is -1.22. The number of thioether (sulfide) groups is 1. The summed E-state index contributed by atoms with van der Waals surface area (Å²) in [5.41, 5.74) is 7.18. The maximum atomic E-state index is 12.4. The zero-order valence-electron chi connectivity index (χ0n) is 14.1. The van der Waals surface area contributed by atoms with Gasteiger partial charge in [0.2, 0.25) is 5.91 Å². The average Bonchev–Trinajstić information content (AvgIpc) is 2.65. The molecule has 2 amide bonds. The first kappa shape index (κ1) is 18.3. The molecule has 1 aromatic carbocycles. The van der Waals surface area contributed by atoms with Gasteiger partial charge < -0.3 is 20.9 Å². The van der Waals surface area contributed by atoms with Crippen molar-refractivity contribution in [3.63, 3.8) is 0 Å². The normalized spacial score (nSPS) is 21.8. The van der Waals surface area contributed by atoms with E-state index >= 15 is 0 Å². The van der Waals surface area contributed by atoms with Crippen molar-refractivity contribution >= 4 is 29.5 Å². The quantitative estimate of drug-likeness (QED) is 0.598. The molecule has 4 N–H and O–H groups in total. The van der Waals surface area contributed by atoms with Gasteiger partial charge in [0.15, 0.2) is 5.70 Å². The van der Waals surface area contributed by atoms with Crippen molar-refractivity contribution in [1.82, 2.24) is 10.2 Å². The molecule has 2 atom stereocenters. The van der Waals surface area contributed by atoms with Gasteiger partial charge in [-0.2, -0.15) is 0 Å². The van der Waals surface area contributed by atoms with Gasteiger partial charge in [-0.25, -0.2) is 4.79 Å². The van der Waals surface area contributed by atoms with E-state index in [1.807, 2.05) is 24.3 Å². The summed E-state index contributed by atoms with van der Waals surface area (Å²) in [5, 5.41) is 11.6. The van der Waals surface area contributed by atoms with Crippen molar-refractivity contribution in [2.24, 2.45) is 5.73 Å². The fraction of sp³-hybridized carbons (Fsp3) is 0.353. The van der Waals surface area contributed by atoms with Crippen LogP contribution in [0.5, 0.6) is 0 Å². The summed E-state index contributed by atoms with van der Waals surface area (Å²) in [6.07, 6.45) is 0.136. The summed E-state index contributed by atoms with van der Waals surface area (Å²) in [6, 6.07) is 6.62. The van der Waals surface area contributed by atoms with E-state index in [2.05, 4.69) is 5.32 Å². The first-order valence-corrected chi connectivity index (χ1v) is 9.03. The van der Waals surface area contributed by atoms with Gasteiger partial charge in [0.1, 0.15) is 17.2 Å². The lowest BCUT2D eigenvalue weighted by molar-refractivity contribution is -0.151. The lowest BCUT2D eigenvalue weighted by Gasteiger charge is -2.48. The molecule has 1 fully saturated rings. The van der Waals surface area contributed by atoms with E-state index in [0.717, 1.165) is 11.1 Å². The smallest absolute Gasteiger partial charge is 0.356 e. The third kappa shape index (κ3) is 3.27. The highest BCUT2D eigenvalue weighted by Gasteiger charge is 2.54. The molecule has 0 aromatic heterocycles. The first-order valence-electron chi connectivity index (χ1n) is 7.98. The summed E-state index contributed by atoms with van der Waals surface area (Å²) in [6.45, 7) is 0.431. The number of carboxylic acids is 1. The summed E-state index contributed by atoms with van der Waals surface area (Å²) >= 11 is 1.36. The molecular formula is C17H19N3O5S. The van der Waals surface area contributed by atoms with Crippen molar-refractivity contribution in [1.29, 1.82) is 0 Å². The van der Waals surface area contributed by atoms with Crippen molar-refractivity contribution in [2.75, 3.05) is 12.9 Å². The van der Waals surface area contributed by atoms with Crippen LogP contribution in [0.1, 0.15) is 11.1 Å². The molecule has 0 radical (unpaired) electrons. The fourth-order valence-corrected chi connectivity index (χ4v) is 4.26. The second kappa shape index (κ2) is 7.38. The van der Waals surface area contributed by atoms with E-state index in [9.17, 15) is 19.5 Å². The second-order valence-corrected chi connectivity index (χ2v) is 7.04. The van der Waals surface area contributed by atoms with Gasteiger partial charge in [-0.3, -0.25) is 14.5 Å². The van der Waals surface area contributed by atoms with Crippen LogP contribution in [-0.2, 0) is 32.1 Å². The van der Waals surface area contributed by atoms with Gasteiger partial charge in [-0.05, 0) is 11.1 Å². The Morgan fingerprint density at radius 3 is 2.58 bits per heavy atom. The maximum absolute atomic E-state index is 12.4. The van der Waals surface area contributed by atoms with Crippen LogP contribution in [-0.4, -0.2) is 52.1 Å². The molecule has 26 heavy (non-hydrogen) atoms. The minimum absolute atomic E-state index is 0.136. The molecular weight excluding hydrogens is 358 g/mol. The third-order valence-corrected chi connectivity index (χ3v) is 5.58. The molecule has 2 aliphatic heterocycles. The molecule has 0 saturated carbocycles. The molecule has 0 aliphatic carbocycles. The Hall–Kier alpha value is -2.52. The monoisotopic (exact) mass is 377 g/mol. The third-order valence-electron chi connectivity index (χ3n) is 4.32. The lowest BCUT2D eigenvalue weighted by atomic mass is 10.0. The lowest BCUT2D eigenvalue weighted by Crippen LogP contribution is -2.70. The first-order chi connectivity index (χ1) is 12.5. The summed E-state index contributed by atoms with van der Waals surface area (Å²) < 4.78 is 5.07. The van der Waals surface area contributed by atoms with Crippen LogP contribution in [0, 0.1) is 0 Å². The Balaban J connectivity index is 1.65. The summed E-state index contributed by atoms with van der Waals surface area (Å²) in [5.74, 6) is -1.37. The van der Waals surface area contributed by atoms with E-state index in [0.29, 0.717) is 12.3 Å². The summed E-state index contributed by atoms with van der Waals surface area (Å²) in [4.78, 5) is 37.3. The van der Waals surface area contributed by atoms with Gasteiger partial charge in [-0.1, -0.05) is 24.3 Å². The standard InChI is InChI=1S/C17H19N3O5S/c1-25-11-8-26-16-13(15(22)20(16)14(11)17(23)24)19-12(21)6-9-2-4-10(7-18)5-3-9/h2-5,13,16H,6-8,18H2,1H3,(H,19,21)(H,23,24)/t13-,16-/m1/s1. The highest BCUT2D eigenvalue weighted by Crippen LogP contribution is 2.40. The number of nitrogens with zero attached hydrogens (tertiary/aromatic N) is 1. The SMILES string of the molecule is COC1=C(C(=O)O)N2C(=O)[C@@H](NC(=O)Cc3ccc(CN)cc3)[C@H]2SC1. The van der Waals surface area contributed by atoms with Crippen molar-refractivity contribution < 1.29 is 24.2 Å². The Morgan fingerprint density at radius 1 is 1.35 bits per heavy atom. The number of carbonyl (C=O) groups excluding carboxylic acids is 2. The highest BCUT2D eigenvalue weighted by molar-refractivity contribution is 8.00. The maximum Gasteiger partial charge on any atom is 0.356 e. The van der Waals surface area contributed by atoms with Crippen LogP contribution in [0.15, 0.2) is 35.7 Å². The van der Waals surface area contributed by atoms with E-state index < -0.39 is 23.3 Å². The number of rotatable bonds is 6. The molecule has 3 rings (SSSR count). The van der Waals surface area contributed by atoms with Crippen LogP contribution in [0.3, 0.4) is 0 Å². The number of methoxy groups -OCH3 is 1. The molecule has 9 heteroatoms. The number of benzene rings is 1. The molecule has 2 aliphatic rings. The number of aliphatic carboxylic acids is 1. The molecule has 138 valence electrons. The van der Waals surface area contributed by atoms with Crippen molar-refractivity contribution in [2.45, 2.75) is 24.4 Å². The molecule has 0 bridgehead atoms. The number of fused-ring (bicyclic) bond motifs is 1. The number of ether oxygens (including phenoxy) is 1. The zero-order valence-corrected chi connectivity index (χ0v) is 14.9. The van der Waals surface area contributed by atoms with Crippen LogP contribution in [0.2, 0.25) is 0 Å². The number of β-lactam (4-membered cyclic amide) rings is 1. The molecule has 1 aromatic rings. The average molecular weight is 377 g/mol. The van der Waals surface area contributed by atoms with E-state index in [-0.39, 0.29) is 23.8 Å². The van der Waals surface area contributed by atoms with Crippen LogP contribution in [0.4, 0.5) is 0 Å². The van der Waals surface area contributed by atoms with Crippen LogP contribution >= 0.6 is 11.8 Å². The number of amides is 2. The largest absolute Gasteiger partial charge is 0.498 e. The topological polar surface area (TPSA) is 122 Å². The molecule has 2 heterocycles. The number of hydrogen-bond acceptors (Lipinski definition) is 6. The molecule has 1 saturated heterocycles. The predicted molar refractivity (Wildman–Crippen MR) is 94.7 cm³/mol.